The van der Waals surface area contributed by atoms with Crippen molar-refractivity contribution in [2.45, 2.75) is 12.8 Å². The SMILES string of the molecule is O=C1Cc2ccccc2N1CCCN1CCNCC1. The maximum Gasteiger partial charge on any atom is 0.231 e. The number of piperazine rings is 1. The van der Waals surface area contributed by atoms with E-state index < -0.39 is 0 Å². The Morgan fingerprint density at radius 1 is 1.11 bits per heavy atom. The summed E-state index contributed by atoms with van der Waals surface area (Å²) in [6.07, 6.45) is 1.63. The largest absolute Gasteiger partial charge is 0.314 e. The zero-order chi connectivity index (χ0) is 13.1. The Hall–Kier alpha value is -1.39. The van der Waals surface area contributed by atoms with Gasteiger partial charge in [0.1, 0.15) is 0 Å². The molecule has 0 bridgehead atoms. The van der Waals surface area contributed by atoms with Crippen LogP contribution in [0.3, 0.4) is 0 Å². The number of hydrogen-bond donors (Lipinski definition) is 1. The fourth-order valence-corrected chi connectivity index (χ4v) is 2.95. The number of nitrogens with one attached hydrogen (secondary N) is 1. The Balaban J connectivity index is 1.54. The van der Waals surface area contributed by atoms with Crippen molar-refractivity contribution in [3.05, 3.63) is 29.8 Å². The van der Waals surface area contributed by atoms with Gasteiger partial charge in [0, 0.05) is 38.4 Å². The molecule has 1 amide bonds. The number of hydrogen-bond acceptors (Lipinski definition) is 3. The molecule has 1 aromatic rings. The second kappa shape index (κ2) is 5.72. The summed E-state index contributed by atoms with van der Waals surface area (Å²) < 4.78 is 0. The first-order valence-electron chi connectivity index (χ1n) is 7.16. The van der Waals surface area contributed by atoms with Crippen LogP contribution in [0.5, 0.6) is 0 Å². The van der Waals surface area contributed by atoms with E-state index in [1.54, 1.807) is 0 Å². The maximum absolute atomic E-state index is 12.0. The van der Waals surface area contributed by atoms with Crippen molar-refractivity contribution in [3.63, 3.8) is 0 Å². The summed E-state index contributed by atoms with van der Waals surface area (Å²) in [4.78, 5) is 16.4. The quantitative estimate of drug-likeness (QED) is 0.871. The van der Waals surface area contributed by atoms with Crippen molar-refractivity contribution < 1.29 is 4.79 Å². The fraction of sp³-hybridized carbons (Fsp3) is 0.533. The first-order valence-corrected chi connectivity index (χ1v) is 7.16. The average Bonchev–Trinajstić information content (AvgIpc) is 2.76. The lowest BCUT2D eigenvalue weighted by Crippen LogP contribution is -2.44. The predicted molar refractivity (Wildman–Crippen MR) is 76.4 cm³/mol. The van der Waals surface area contributed by atoms with E-state index in [1.165, 1.54) is 5.56 Å². The van der Waals surface area contributed by atoms with E-state index in [1.807, 2.05) is 17.0 Å². The lowest BCUT2D eigenvalue weighted by molar-refractivity contribution is -0.117. The molecular formula is C15H21N3O. The smallest absolute Gasteiger partial charge is 0.231 e. The van der Waals surface area contributed by atoms with Crippen molar-refractivity contribution in [1.29, 1.82) is 0 Å². The van der Waals surface area contributed by atoms with Crippen LogP contribution >= 0.6 is 0 Å². The van der Waals surface area contributed by atoms with Crippen LogP contribution in [0.4, 0.5) is 5.69 Å². The van der Waals surface area contributed by atoms with Crippen LogP contribution in [-0.4, -0.2) is 50.1 Å². The van der Waals surface area contributed by atoms with Crippen molar-refractivity contribution in [2.75, 3.05) is 44.2 Å². The predicted octanol–water partition coefficient (Wildman–Crippen LogP) is 0.871. The Labute approximate surface area is 114 Å². The molecule has 3 rings (SSSR count). The van der Waals surface area contributed by atoms with Crippen LogP contribution < -0.4 is 10.2 Å². The number of fused-ring (bicyclic) bond motifs is 1. The number of para-hydroxylation sites is 1. The topological polar surface area (TPSA) is 35.6 Å². The summed E-state index contributed by atoms with van der Waals surface area (Å²) in [5.41, 5.74) is 2.29. The number of carbonyl (C=O) groups excluding carboxylic acids is 1. The van der Waals surface area contributed by atoms with Gasteiger partial charge >= 0.3 is 0 Å². The second-order valence-corrected chi connectivity index (χ2v) is 5.30. The molecule has 0 atom stereocenters. The highest BCUT2D eigenvalue weighted by Crippen LogP contribution is 2.28. The fourth-order valence-electron chi connectivity index (χ4n) is 2.95. The van der Waals surface area contributed by atoms with Gasteiger partial charge in [-0.1, -0.05) is 18.2 Å². The lowest BCUT2D eigenvalue weighted by Gasteiger charge is -2.28. The first kappa shape index (κ1) is 12.6. The molecule has 0 aliphatic carbocycles. The molecule has 0 aromatic heterocycles. The summed E-state index contributed by atoms with van der Waals surface area (Å²) in [5.74, 6) is 0.251. The van der Waals surface area contributed by atoms with Gasteiger partial charge in [0.05, 0.1) is 6.42 Å². The van der Waals surface area contributed by atoms with E-state index in [0.29, 0.717) is 6.42 Å². The highest BCUT2D eigenvalue weighted by atomic mass is 16.2. The first-order chi connectivity index (χ1) is 9.34. The number of carbonyl (C=O) groups is 1. The zero-order valence-corrected chi connectivity index (χ0v) is 11.3. The monoisotopic (exact) mass is 259 g/mol. The van der Waals surface area contributed by atoms with Crippen LogP contribution in [0.1, 0.15) is 12.0 Å². The van der Waals surface area contributed by atoms with Crippen LogP contribution in [0.15, 0.2) is 24.3 Å². The number of benzene rings is 1. The molecule has 0 saturated carbocycles. The standard InChI is InChI=1S/C15H21N3O/c19-15-12-13-4-1-2-5-14(13)18(15)9-3-8-17-10-6-16-7-11-17/h1-2,4-5,16H,3,6-12H2. The molecule has 19 heavy (non-hydrogen) atoms. The third-order valence-corrected chi connectivity index (χ3v) is 3.99. The molecule has 2 aliphatic rings. The zero-order valence-electron chi connectivity index (χ0n) is 11.3. The summed E-state index contributed by atoms with van der Waals surface area (Å²) in [5, 5.41) is 3.36. The third kappa shape index (κ3) is 2.80. The molecule has 2 heterocycles. The summed E-state index contributed by atoms with van der Waals surface area (Å²) in [6, 6.07) is 8.14. The lowest BCUT2D eigenvalue weighted by atomic mass is 10.2. The minimum Gasteiger partial charge on any atom is -0.314 e. The Kier molecular flexibility index (Phi) is 3.80. The molecular weight excluding hydrogens is 238 g/mol. The number of rotatable bonds is 4. The Morgan fingerprint density at radius 2 is 1.89 bits per heavy atom. The van der Waals surface area contributed by atoms with Gasteiger partial charge in [0.2, 0.25) is 5.91 Å². The van der Waals surface area contributed by atoms with E-state index in [0.717, 1.165) is 51.4 Å². The van der Waals surface area contributed by atoms with E-state index in [9.17, 15) is 4.79 Å². The van der Waals surface area contributed by atoms with E-state index >= 15 is 0 Å². The van der Waals surface area contributed by atoms with Gasteiger partial charge in [0.25, 0.3) is 0 Å². The number of anilines is 1. The summed E-state index contributed by atoms with van der Waals surface area (Å²) in [6.45, 7) is 6.37. The van der Waals surface area contributed by atoms with E-state index in [-0.39, 0.29) is 5.91 Å². The van der Waals surface area contributed by atoms with E-state index in [4.69, 9.17) is 0 Å². The van der Waals surface area contributed by atoms with Crippen molar-refractivity contribution in [2.24, 2.45) is 0 Å². The summed E-state index contributed by atoms with van der Waals surface area (Å²) in [7, 11) is 0. The third-order valence-electron chi connectivity index (χ3n) is 3.99. The second-order valence-electron chi connectivity index (χ2n) is 5.30. The molecule has 1 N–H and O–H groups in total. The van der Waals surface area contributed by atoms with Crippen LogP contribution in [-0.2, 0) is 11.2 Å². The van der Waals surface area contributed by atoms with Crippen LogP contribution in [0.2, 0.25) is 0 Å². The van der Waals surface area contributed by atoms with Crippen LogP contribution in [0.25, 0.3) is 0 Å². The summed E-state index contributed by atoms with van der Waals surface area (Å²) >= 11 is 0. The molecule has 4 nitrogen and oxygen atoms in total. The normalized spacial score (nSPS) is 19.8. The van der Waals surface area contributed by atoms with Gasteiger partial charge < -0.3 is 15.1 Å². The molecule has 2 aliphatic heterocycles. The van der Waals surface area contributed by atoms with Crippen LogP contribution in [0, 0.1) is 0 Å². The Morgan fingerprint density at radius 3 is 2.74 bits per heavy atom. The molecule has 102 valence electrons. The van der Waals surface area contributed by atoms with Gasteiger partial charge in [-0.25, -0.2) is 0 Å². The van der Waals surface area contributed by atoms with Gasteiger partial charge in [-0.2, -0.15) is 0 Å². The number of nitrogens with zero attached hydrogens (tertiary/aromatic N) is 2. The average molecular weight is 259 g/mol. The van der Waals surface area contributed by atoms with Crippen molar-refractivity contribution in [1.82, 2.24) is 10.2 Å². The van der Waals surface area contributed by atoms with Gasteiger partial charge in [-0.05, 0) is 24.6 Å². The van der Waals surface area contributed by atoms with Gasteiger partial charge in [0.15, 0.2) is 0 Å². The van der Waals surface area contributed by atoms with Gasteiger partial charge in [-0.15, -0.1) is 0 Å². The highest BCUT2D eigenvalue weighted by molar-refractivity contribution is 6.01. The maximum atomic E-state index is 12.0. The van der Waals surface area contributed by atoms with Crippen molar-refractivity contribution in [3.8, 4) is 0 Å². The highest BCUT2D eigenvalue weighted by Gasteiger charge is 2.26. The molecule has 1 fully saturated rings. The molecule has 1 aromatic carbocycles. The molecule has 0 radical (unpaired) electrons. The molecule has 1 saturated heterocycles. The van der Waals surface area contributed by atoms with Gasteiger partial charge in [-0.3, -0.25) is 4.79 Å². The molecule has 4 heteroatoms. The minimum absolute atomic E-state index is 0.251. The Bertz CT molecular complexity index is 454. The molecule has 0 unspecified atom stereocenters. The molecule has 0 spiro atoms. The number of amides is 1. The minimum atomic E-state index is 0.251. The van der Waals surface area contributed by atoms with E-state index in [2.05, 4.69) is 22.3 Å². The van der Waals surface area contributed by atoms with Crippen molar-refractivity contribution >= 4 is 11.6 Å².